The lowest BCUT2D eigenvalue weighted by atomic mass is 9.95. The van der Waals surface area contributed by atoms with Gasteiger partial charge in [0.2, 0.25) is 0 Å². The Labute approximate surface area is 824 Å². The fourth-order valence-corrected chi connectivity index (χ4v) is 21.9. The monoisotopic (exact) mass is 1900 g/mol. The van der Waals surface area contributed by atoms with Crippen LogP contribution in [0.3, 0.4) is 0 Å². The Morgan fingerprint density at radius 3 is 0.831 bits per heavy atom. The maximum Gasteiger partial charge on any atom is 0.185 e. The highest BCUT2D eigenvalue weighted by Gasteiger charge is 2.31. The molecule has 734 valence electrons. The summed E-state index contributed by atoms with van der Waals surface area (Å²) < 4.78 is 111. The average molecular weight is 1900 g/mol. The summed E-state index contributed by atoms with van der Waals surface area (Å²) >= 11 is 0. The zero-order valence-corrected chi connectivity index (χ0v) is 87.6. The summed E-state index contributed by atoms with van der Waals surface area (Å²) in [5.74, 6) is 3.28. The molecule has 0 spiro atoms. The Hall–Kier alpha value is -10.6. The summed E-state index contributed by atoms with van der Waals surface area (Å²) in [5.41, 5.74) is 21.3. The van der Waals surface area contributed by atoms with Gasteiger partial charge in [-0.3, -0.25) is 0 Å². The molecular formula is C123H164O10S3. The molecule has 13 heteroatoms. The normalized spacial score (nSPS) is 14.0. The molecule has 136 heavy (non-hydrogen) atoms. The fourth-order valence-electron chi connectivity index (χ4n) is 16.6. The lowest BCUT2D eigenvalue weighted by Gasteiger charge is -2.21. The highest BCUT2D eigenvalue weighted by molar-refractivity contribution is 7.92. The molecule has 7 aromatic carbocycles. The maximum absolute atomic E-state index is 14.5. The first-order valence-electron chi connectivity index (χ1n) is 48.7. The molecule has 0 aliphatic carbocycles. The first-order valence-corrected chi connectivity index (χ1v) is 53.3. The standard InChI is InChI=1S/C70H86O8S3.C52H74O2.CH4/c1-12-46-77-69-59(11)65(70(78-47-13-2)67-41-24-23-40-66(67)69)44-43-58(10)68(81(75,76)62-38-21-16-22-39-62)45-42-53(5)29-26-31-55(7)49-64(80(73,74)61-36-19-15-20-37-61)51-57(9)33-27-32-56(8)50-63(48-54(6)30-25-28-52(3)4)79(71,72)60-34-17-14-18-35-60;1-12-38-53-51-47(11)48(52(54-39-13-2)50-35-15-14-34-49(50)51)37-36-46(10)33-21-32-45(9)31-20-30-44(8)29-19-28-43(7)27-18-26-42(6)25-17-24-41(5)23-16-22-40(3)4;/h12-24,28,31-32,34-43,48,51,63-64,68H,1-2,25-27,29-30,33,44-47,49-50H2,3-11H3;12-15,22,24,26,28,30,32,34-36H,1-2,16-21,23,25,27,29,31,33,37-39H2,3-11H3;1H4/b53-42+,54-48+,55-31+,56-32+,57-51+,58-43+;41-24+,42-26+,43-28+,44-30+,45-32+,46-36+;. The zero-order valence-electron chi connectivity index (χ0n) is 85.1. The number of rotatable bonds is 58. The van der Waals surface area contributed by atoms with Crippen LogP contribution in [-0.2, 0) is 42.4 Å². The van der Waals surface area contributed by atoms with Gasteiger partial charge >= 0.3 is 0 Å². The van der Waals surface area contributed by atoms with Gasteiger partial charge in [0.05, 0.1) is 30.4 Å². The van der Waals surface area contributed by atoms with Crippen LogP contribution >= 0.6 is 0 Å². The highest BCUT2D eigenvalue weighted by Crippen LogP contribution is 2.44. The SMILES string of the molecule is C.C=CCOc1c(C)c(C/C=C(\C)C(C/C=C(\C)CC/C=C(\C)CC(/C=C(\C)CC/C=C(\C)CC(/C=C(\C)CCC=C(C)C)S(=O)(=O)c2ccccc2)S(=O)(=O)c2ccccc2)S(=O)(=O)c2ccccc2)c(OCC=C)c2ccccc12.C=CCOc1c(C)c(C/C=C(\C)CC/C=C(\C)CC/C=C(\C)CC/C=C(\C)CC/C=C(\C)CC/C=C(\C)CCC=C(C)C)c(OCC=C)c2ccccc12. The van der Waals surface area contributed by atoms with Gasteiger partial charge in [0, 0.05) is 32.7 Å². The number of sulfone groups is 3. The van der Waals surface area contributed by atoms with Crippen LogP contribution in [0.2, 0.25) is 0 Å². The third-order valence-corrected chi connectivity index (χ3v) is 30.9. The predicted molar refractivity (Wildman–Crippen MR) is 587 cm³/mol. The van der Waals surface area contributed by atoms with E-state index in [2.05, 4.69) is 181 Å². The molecule has 0 fully saturated rings. The minimum Gasteiger partial charge on any atom is -0.489 e. The third-order valence-electron chi connectivity index (χ3n) is 24.6. The lowest BCUT2D eigenvalue weighted by Crippen LogP contribution is -2.22. The smallest absolute Gasteiger partial charge is 0.185 e. The molecular weight excluding hydrogens is 1730 g/mol. The van der Waals surface area contributed by atoms with Gasteiger partial charge in [0.15, 0.2) is 29.5 Å². The van der Waals surface area contributed by atoms with Crippen LogP contribution in [0.15, 0.2) is 368 Å². The van der Waals surface area contributed by atoms with E-state index in [9.17, 15) is 25.3 Å². The van der Waals surface area contributed by atoms with Crippen molar-refractivity contribution in [2.75, 3.05) is 26.4 Å². The molecule has 0 heterocycles. The minimum absolute atomic E-state index is 0. The quantitative estimate of drug-likeness (QED) is 0.0339. The zero-order chi connectivity index (χ0) is 98.9. The molecule has 3 unspecified atom stereocenters. The maximum atomic E-state index is 14.5. The molecule has 0 saturated carbocycles. The van der Waals surface area contributed by atoms with E-state index in [1.165, 1.54) is 63.0 Å². The van der Waals surface area contributed by atoms with Gasteiger partial charge in [-0.05, 0) is 320 Å². The number of ether oxygens (including phenoxy) is 4. The van der Waals surface area contributed by atoms with Crippen LogP contribution in [0.1, 0.15) is 275 Å². The Bertz CT molecular complexity index is 5860. The molecule has 0 aliphatic rings. The summed E-state index contributed by atoms with van der Waals surface area (Å²) in [6.45, 7) is 55.1. The molecule has 0 aromatic heterocycles. The topological polar surface area (TPSA) is 139 Å². The highest BCUT2D eigenvalue weighted by atomic mass is 32.2. The summed E-state index contributed by atoms with van der Waals surface area (Å²) in [5, 5.41) is 1.57. The summed E-state index contributed by atoms with van der Waals surface area (Å²) in [4.78, 5) is 0.818. The molecule has 7 aromatic rings. The van der Waals surface area contributed by atoms with Gasteiger partial charge in [-0.25, -0.2) is 25.3 Å². The van der Waals surface area contributed by atoms with E-state index < -0.39 is 45.3 Å². The molecule has 3 atom stereocenters. The van der Waals surface area contributed by atoms with Crippen molar-refractivity contribution in [3.8, 4) is 23.0 Å². The van der Waals surface area contributed by atoms with E-state index in [1.54, 1.807) is 103 Å². The van der Waals surface area contributed by atoms with Crippen LogP contribution in [0.5, 0.6) is 23.0 Å². The fraction of sp³-hybridized carbons (Fsp3) is 0.398. The Kier molecular flexibility index (Phi) is 52.5. The number of hydrogen-bond acceptors (Lipinski definition) is 10. The number of benzene rings is 7. The van der Waals surface area contributed by atoms with Crippen molar-refractivity contribution < 1.29 is 44.2 Å². The molecule has 0 amide bonds. The second-order valence-electron chi connectivity index (χ2n) is 37.0. The van der Waals surface area contributed by atoms with Crippen LogP contribution in [0.4, 0.5) is 0 Å². The summed E-state index contributed by atoms with van der Waals surface area (Å²) in [6.07, 6.45) is 57.9. The molecule has 7 rings (SSSR count). The van der Waals surface area contributed by atoms with Gasteiger partial charge in [0.25, 0.3) is 0 Å². The predicted octanol–water partition coefficient (Wildman–Crippen LogP) is 34.3. The van der Waals surface area contributed by atoms with E-state index in [4.69, 9.17) is 18.9 Å². The van der Waals surface area contributed by atoms with E-state index in [0.717, 1.165) is 167 Å². The Morgan fingerprint density at radius 2 is 0.529 bits per heavy atom. The van der Waals surface area contributed by atoms with Gasteiger partial charge in [-0.2, -0.15) is 0 Å². The number of allylic oxidation sites excluding steroid dienone is 25. The van der Waals surface area contributed by atoms with Crippen molar-refractivity contribution in [3.05, 3.63) is 375 Å². The van der Waals surface area contributed by atoms with Gasteiger partial charge < -0.3 is 18.9 Å². The largest absolute Gasteiger partial charge is 0.489 e. The first-order chi connectivity index (χ1) is 64.6. The Morgan fingerprint density at radius 1 is 0.287 bits per heavy atom. The van der Waals surface area contributed by atoms with Crippen LogP contribution < -0.4 is 18.9 Å². The van der Waals surface area contributed by atoms with E-state index in [-0.39, 0.29) is 23.6 Å². The number of fused-ring (bicyclic) bond motifs is 2. The molecule has 0 saturated heterocycles. The van der Waals surface area contributed by atoms with E-state index in [1.807, 2.05) is 115 Å². The van der Waals surface area contributed by atoms with Crippen LogP contribution in [-0.4, -0.2) is 67.4 Å². The van der Waals surface area contributed by atoms with E-state index in [0.29, 0.717) is 87.6 Å². The lowest BCUT2D eigenvalue weighted by molar-refractivity contribution is 0.354. The number of hydrogen-bond donors (Lipinski definition) is 0. The summed E-state index contributed by atoms with van der Waals surface area (Å²) in [6, 6.07) is 42.0. The Balaban J connectivity index is 0.000000517. The third kappa shape index (κ3) is 39.5. The first kappa shape index (κ1) is 116. The van der Waals surface area contributed by atoms with E-state index >= 15 is 0 Å². The van der Waals surface area contributed by atoms with Crippen molar-refractivity contribution in [3.63, 3.8) is 0 Å². The van der Waals surface area contributed by atoms with Gasteiger partial charge in [-0.15, -0.1) is 0 Å². The van der Waals surface area contributed by atoms with Gasteiger partial charge in [-0.1, -0.05) is 324 Å². The van der Waals surface area contributed by atoms with Crippen LogP contribution in [0, 0.1) is 13.8 Å². The van der Waals surface area contributed by atoms with Gasteiger partial charge in [0.1, 0.15) is 49.4 Å². The molecule has 10 nitrogen and oxygen atoms in total. The average Bonchev–Trinajstić information content (AvgIpc) is 0.748. The minimum atomic E-state index is -3.82. The molecule has 0 bridgehead atoms. The van der Waals surface area contributed by atoms with Crippen molar-refractivity contribution in [2.45, 2.75) is 310 Å². The van der Waals surface area contributed by atoms with Crippen molar-refractivity contribution in [1.82, 2.24) is 0 Å². The molecule has 0 radical (unpaired) electrons. The van der Waals surface area contributed by atoms with Crippen molar-refractivity contribution in [2.24, 2.45) is 0 Å². The van der Waals surface area contributed by atoms with Crippen molar-refractivity contribution in [1.29, 1.82) is 0 Å². The second-order valence-corrected chi connectivity index (χ2v) is 43.5. The summed E-state index contributed by atoms with van der Waals surface area (Å²) in [7, 11) is -11.2. The van der Waals surface area contributed by atoms with Crippen molar-refractivity contribution >= 4 is 51.1 Å². The molecule has 0 aliphatic heterocycles. The second kappa shape index (κ2) is 61.6. The molecule has 0 N–H and O–H groups in total. The van der Waals surface area contributed by atoms with Crippen LogP contribution in [0.25, 0.3) is 21.5 Å².